The van der Waals surface area contributed by atoms with Crippen LogP contribution in [0.2, 0.25) is 5.02 Å². The van der Waals surface area contributed by atoms with Crippen LogP contribution in [-0.2, 0) is 11.2 Å². The number of aromatic nitrogens is 4. The van der Waals surface area contributed by atoms with Crippen molar-refractivity contribution < 1.29 is 9.21 Å². The zero-order valence-electron chi connectivity index (χ0n) is 17.5. The Bertz CT molecular complexity index is 1380. The predicted octanol–water partition coefficient (Wildman–Crippen LogP) is 5.11. The van der Waals surface area contributed by atoms with Crippen LogP contribution in [0.4, 0.5) is 0 Å². The highest BCUT2D eigenvalue weighted by Gasteiger charge is 2.19. The van der Waals surface area contributed by atoms with Gasteiger partial charge in [-0.1, -0.05) is 41.6 Å². The van der Waals surface area contributed by atoms with Gasteiger partial charge in [0, 0.05) is 34.4 Å². The quantitative estimate of drug-likeness (QED) is 0.303. The molecule has 0 atom stereocenters. The van der Waals surface area contributed by atoms with Gasteiger partial charge in [-0.05, 0) is 54.4 Å². The molecule has 3 heterocycles. The fraction of sp³-hybridized carbons (Fsp3) is 0.125. The molecule has 1 amide bonds. The minimum atomic E-state index is -0.0648. The Hall–Kier alpha value is -3.49. The summed E-state index contributed by atoms with van der Waals surface area (Å²) in [4.78, 5) is 15.8. The van der Waals surface area contributed by atoms with Crippen LogP contribution in [0, 0.1) is 0 Å². The minimum Gasteiger partial charge on any atom is -0.461 e. The van der Waals surface area contributed by atoms with E-state index in [1.54, 1.807) is 24.5 Å². The molecule has 0 saturated heterocycles. The van der Waals surface area contributed by atoms with E-state index in [4.69, 9.17) is 16.0 Å². The molecule has 0 unspecified atom stereocenters. The molecule has 0 fully saturated rings. The summed E-state index contributed by atoms with van der Waals surface area (Å²) < 4.78 is 7.38. The minimum absolute atomic E-state index is 0.0648. The van der Waals surface area contributed by atoms with Crippen molar-refractivity contribution in [1.29, 1.82) is 0 Å². The summed E-state index contributed by atoms with van der Waals surface area (Å²) in [6, 6.07) is 19.1. The Morgan fingerprint density at radius 1 is 1.09 bits per heavy atom. The number of aromatic amines is 1. The lowest BCUT2D eigenvalue weighted by atomic mass is 10.1. The fourth-order valence-corrected chi connectivity index (χ4v) is 4.52. The molecule has 0 bridgehead atoms. The van der Waals surface area contributed by atoms with Crippen LogP contribution in [0.25, 0.3) is 28.2 Å². The van der Waals surface area contributed by atoms with E-state index in [0.29, 0.717) is 28.3 Å². The number of nitrogens with one attached hydrogen (secondary N) is 2. The second-order valence-electron chi connectivity index (χ2n) is 7.34. The van der Waals surface area contributed by atoms with E-state index in [9.17, 15) is 4.79 Å². The maximum atomic E-state index is 12.5. The number of carbonyl (C=O) groups excluding carboxylic acids is 1. The molecule has 33 heavy (non-hydrogen) atoms. The Morgan fingerprint density at radius 2 is 1.94 bits per heavy atom. The van der Waals surface area contributed by atoms with Gasteiger partial charge < -0.3 is 14.7 Å². The van der Waals surface area contributed by atoms with Gasteiger partial charge in [0.1, 0.15) is 0 Å². The van der Waals surface area contributed by atoms with E-state index in [1.807, 2.05) is 47.2 Å². The molecular formula is C24H20ClN5O2S. The van der Waals surface area contributed by atoms with Crippen LogP contribution in [0.5, 0.6) is 0 Å². The molecule has 0 aliphatic rings. The fourth-order valence-electron chi connectivity index (χ4n) is 3.61. The zero-order valence-corrected chi connectivity index (χ0v) is 19.1. The number of nitrogens with zero attached hydrogens (tertiary/aromatic N) is 3. The van der Waals surface area contributed by atoms with Crippen molar-refractivity contribution in [2.45, 2.75) is 11.6 Å². The van der Waals surface area contributed by atoms with Crippen molar-refractivity contribution in [3.63, 3.8) is 0 Å². The number of thioether (sulfide) groups is 1. The topological polar surface area (TPSA) is 88.7 Å². The number of hydrogen-bond acceptors (Lipinski definition) is 5. The Kier molecular flexibility index (Phi) is 6.19. The Balaban J connectivity index is 1.25. The third-order valence-electron chi connectivity index (χ3n) is 5.18. The third-order valence-corrected chi connectivity index (χ3v) is 6.36. The first kappa shape index (κ1) is 21.4. The van der Waals surface area contributed by atoms with Crippen LogP contribution in [0.3, 0.4) is 0 Å². The monoisotopic (exact) mass is 477 g/mol. The van der Waals surface area contributed by atoms with Crippen molar-refractivity contribution in [3.05, 3.63) is 83.7 Å². The summed E-state index contributed by atoms with van der Waals surface area (Å²) in [5.74, 6) is 1.31. The van der Waals surface area contributed by atoms with Crippen LogP contribution in [0.15, 0.2) is 82.7 Å². The molecule has 0 aliphatic carbocycles. The van der Waals surface area contributed by atoms with E-state index < -0.39 is 0 Å². The molecule has 5 rings (SSSR count). The van der Waals surface area contributed by atoms with Crippen molar-refractivity contribution in [1.82, 2.24) is 25.1 Å². The first-order chi connectivity index (χ1) is 16.2. The van der Waals surface area contributed by atoms with Gasteiger partial charge in [0.05, 0.1) is 12.0 Å². The van der Waals surface area contributed by atoms with Crippen LogP contribution < -0.4 is 5.32 Å². The van der Waals surface area contributed by atoms with Crippen molar-refractivity contribution in [3.8, 4) is 17.3 Å². The molecular weight excluding hydrogens is 458 g/mol. The highest BCUT2D eigenvalue weighted by Crippen LogP contribution is 2.28. The average Bonchev–Trinajstić information content (AvgIpc) is 3.58. The highest BCUT2D eigenvalue weighted by atomic mass is 35.5. The molecule has 3 aromatic heterocycles. The maximum Gasteiger partial charge on any atom is 0.230 e. The summed E-state index contributed by atoms with van der Waals surface area (Å²) in [6.07, 6.45) is 4.34. The van der Waals surface area contributed by atoms with Crippen LogP contribution in [0.1, 0.15) is 5.56 Å². The van der Waals surface area contributed by atoms with E-state index >= 15 is 0 Å². The van der Waals surface area contributed by atoms with Gasteiger partial charge in [-0.2, -0.15) is 0 Å². The molecule has 9 heteroatoms. The summed E-state index contributed by atoms with van der Waals surface area (Å²) >= 11 is 7.37. The summed E-state index contributed by atoms with van der Waals surface area (Å²) in [5, 5.41) is 14.0. The number of para-hydroxylation sites is 1. The van der Waals surface area contributed by atoms with Crippen molar-refractivity contribution in [2.75, 3.05) is 12.3 Å². The zero-order chi connectivity index (χ0) is 22.6. The second-order valence-corrected chi connectivity index (χ2v) is 8.72. The normalized spacial score (nSPS) is 11.2. The molecule has 166 valence electrons. The number of benzene rings is 2. The predicted molar refractivity (Wildman–Crippen MR) is 130 cm³/mol. The van der Waals surface area contributed by atoms with E-state index in [0.717, 1.165) is 17.6 Å². The highest BCUT2D eigenvalue weighted by molar-refractivity contribution is 7.99. The number of furan rings is 1. The first-order valence-electron chi connectivity index (χ1n) is 10.4. The number of fused-ring (bicyclic) bond motifs is 1. The SMILES string of the molecule is O=C(CSc1nnc(-c2ccco2)n1-c1ccc(Cl)cc1)NCCc1c[nH]c2ccccc12. The van der Waals surface area contributed by atoms with E-state index in [1.165, 1.54) is 22.7 Å². The first-order valence-corrected chi connectivity index (χ1v) is 11.7. The van der Waals surface area contributed by atoms with Crippen LogP contribution >= 0.6 is 23.4 Å². The van der Waals surface area contributed by atoms with Gasteiger partial charge in [-0.3, -0.25) is 9.36 Å². The third kappa shape index (κ3) is 4.67. The summed E-state index contributed by atoms with van der Waals surface area (Å²) in [5.41, 5.74) is 3.12. The van der Waals surface area contributed by atoms with E-state index in [2.05, 4.69) is 26.6 Å². The lowest BCUT2D eigenvalue weighted by Gasteiger charge is -2.09. The number of carbonyl (C=O) groups is 1. The number of H-pyrrole nitrogens is 1. The largest absolute Gasteiger partial charge is 0.461 e. The van der Waals surface area contributed by atoms with Crippen molar-refractivity contribution in [2.24, 2.45) is 0 Å². The van der Waals surface area contributed by atoms with Gasteiger partial charge >= 0.3 is 0 Å². The lowest BCUT2D eigenvalue weighted by molar-refractivity contribution is -0.118. The standard InChI is InChI=1S/C24H20ClN5O2S/c25-17-7-9-18(10-8-17)30-23(21-6-3-13-32-21)28-29-24(30)33-15-22(31)26-12-11-16-14-27-20-5-2-1-4-19(16)20/h1-10,13-14,27H,11-12,15H2,(H,26,31). The van der Waals surface area contributed by atoms with Gasteiger partial charge in [0.25, 0.3) is 0 Å². The number of halogens is 1. The van der Waals surface area contributed by atoms with Gasteiger partial charge in [0.15, 0.2) is 10.9 Å². The molecule has 0 spiro atoms. The smallest absolute Gasteiger partial charge is 0.230 e. The van der Waals surface area contributed by atoms with Gasteiger partial charge in [-0.25, -0.2) is 0 Å². The second kappa shape index (κ2) is 9.56. The molecule has 2 aromatic carbocycles. The number of amides is 1. The van der Waals surface area contributed by atoms with Crippen molar-refractivity contribution >= 4 is 40.2 Å². The van der Waals surface area contributed by atoms with E-state index in [-0.39, 0.29) is 11.7 Å². The molecule has 0 aliphatic heterocycles. The number of rotatable bonds is 8. The van der Waals surface area contributed by atoms with Gasteiger partial charge in [-0.15, -0.1) is 10.2 Å². The average molecular weight is 478 g/mol. The molecule has 7 nitrogen and oxygen atoms in total. The maximum absolute atomic E-state index is 12.5. The molecule has 2 N–H and O–H groups in total. The molecule has 5 aromatic rings. The summed E-state index contributed by atoms with van der Waals surface area (Å²) in [7, 11) is 0. The van der Waals surface area contributed by atoms with Gasteiger partial charge in [0.2, 0.25) is 11.7 Å². The van der Waals surface area contributed by atoms with Crippen LogP contribution in [-0.4, -0.2) is 38.0 Å². The molecule has 0 radical (unpaired) electrons. The summed E-state index contributed by atoms with van der Waals surface area (Å²) in [6.45, 7) is 0.558. The Morgan fingerprint density at radius 3 is 2.76 bits per heavy atom. The molecule has 0 saturated carbocycles. The lowest BCUT2D eigenvalue weighted by Crippen LogP contribution is -2.27. The number of hydrogen-bond donors (Lipinski definition) is 2. The Labute approximate surface area is 199 Å².